The maximum Gasteiger partial charge on any atom is 0.267 e. The number of benzene rings is 1. The molecule has 3 aromatic rings. The summed E-state index contributed by atoms with van der Waals surface area (Å²) in [6, 6.07) is 10.7. The molecule has 0 atom stereocenters. The van der Waals surface area contributed by atoms with E-state index in [2.05, 4.69) is 29.5 Å². The molecule has 0 radical (unpaired) electrons. The summed E-state index contributed by atoms with van der Waals surface area (Å²) in [5.41, 5.74) is 1.99. The minimum absolute atomic E-state index is 0.164. The Morgan fingerprint density at radius 2 is 1.73 bits per heavy atom. The highest BCUT2D eigenvalue weighted by molar-refractivity contribution is 7.14. The summed E-state index contributed by atoms with van der Waals surface area (Å²) in [5.74, 6) is -0.0620. The molecule has 1 aromatic carbocycles. The largest absolute Gasteiger partial charge is 0.321 e. The lowest BCUT2D eigenvalue weighted by Crippen LogP contribution is -2.13. The van der Waals surface area contributed by atoms with Crippen LogP contribution in [0.15, 0.2) is 41.8 Å². The van der Waals surface area contributed by atoms with Gasteiger partial charge in [-0.05, 0) is 36.6 Å². The number of rotatable bonds is 5. The number of anilines is 2. The molecule has 0 aliphatic carbocycles. The van der Waals surface area contributed by atoms with Gasteiger partial charge in [0.2, 0.25) is 0 Å². The van der Waals surface area contributed by atoms with Crippen LogP contribution in [0.2, 0.25) is 0 Å². The number of hydrogen-bond donors (Lipinski definition) is 2. The van der Waals surface area contributed by atoms with Crippen molar-refractivity contribution in [3.8, 4) is 0 Å². The van der Waals surface area contributed by atoms with E-state index in [0.717, 1.165) is 10.7 Å². The SMILES string of the molecule is Cc1nc(C(C)C)sc1C(=O)Nc1cccc(NC(=O)c2cccs2)c1. The maximum atomic E-state index is 12.6. The number of aryl methyl sites for hydroxylation is 1. The van der Waals surface area contributed by atoms with Crippen molar-refractivity contribution in [2.24, 2.45) is 0 Å². The zero-order valence-electron chi connectivity index (χ0n) is 14.7. The molecule has 7 heteroatoms. The van der Waals surface area contributed by atoms with Gasteiger partial charge in [-0.1, -0.05) is 26.0 Å². The van der Waals surface area contributed by atoms with Crippen molar-refractivity contribution in [1.82, 2.24) is 4.98 Å². The fourth-order valence-electron chi connectivity index (χ4n) is 2.34. The monoisotopic (exact) mass is 385 g/mol. The molecule has 0 aliphatic rings. The molecule has 2 N–H and O–H groups in total. The highest BCUT2D eigenvalue weighted by Crippen LogP contribution is 2.26. The fourth-order valence-corrected chi connectivity index (χ4v) is 3.92. The molecule has 0 spiro atoms. The Balaban J connectivity index is 1.72. The summed E-state index contributed by atoms with van der Waals surface area (Å²) in [7, 11) is 0. The molecule has 134 valence electrons. The summed E-state index contributed by atoms with van der Waals surface area (Å²) in [4.78, 5) is 30.4. The Kier molecular flexibility index (Phi) is 5.49. The Morgan fingerprint density at radius 3 is 2.31 bits per heavy atom. The van der Waals surface area contributed by atoms with Crippen LogP contribution in [0, 0.1) is 6.92 Å². The Labute approximate surface area is 160 Å². The molecular formula is C19H19N3O2S2. The molecule has 26 heavy (non-hydrogen) atoms. The first kappa shape index (κ1) is 18.3. The van der Waals surface area contributed by atoms with Crippen molar-refractivity contribution in [3.63, 3.8) is 0 Å². The summed E-state index contributed by atoms with van der Waals surface area (Å²) in [5, 5.41) is 8.53. The van der Waals surface area contributed by atoms with E-state index in [0.29, 0.717) is 21.1 Å². The third kappa shape index (κ3) is 4.17. The second kappa shape index (κ2) is 7.80. The number of amides is 2. The number of thiophene rings is 1. The Morgan fingerprint density at radius 1 is 1.04 bits per heavy atom. The predicted octanol–water partition coefficient (Wildman–Crippen LogP) is 5.14. The standard InChI is InChI=1S/C19H19N3O2S2/c1-11(2)19-20-12(3)16(26-19)18(24)22-14-7-4-6-13(10-14)21-17(23)15-8-5-9-25-15/h4-11H,1-3H3,(H,21,23)(H,22,24). The molecule has 2 aromatic heterocycles. The van der Waals surface area contributed by atoms with Crippen molar-refractivity contribution in [2.45, 2.75) is 26.7 Å². The van der Waals surface area contributed by atoms with Gasteiger partial charge in [0.05, 0.1) is 15.6 Å². The minimum atomic E-state index is -0.186. The van der Waals surface area contributed by atoms with Gasteiger partial charge in [-0.15, -0.1) is 22.7 Å². The second-order valence-electron chi connectivity index (χ2n) is 6.09. The first-order chi connectivity index (χ1) is 12.4. The zero-order valence-corrected chi connectivity index (χ0v) is 16.3. The van der Waals surface area contributed by atoms with Crippen LogP contribution in [-0.4, -0.2) is 16.8 Å². The van der Waals surface area contributed by atoms with Gasteiger partial charge < -0.3 is 10.6 Å². The number of carbonyl (C=O) groups is 2. The van der Waals surface area contributed by atoms with E-state index in [1.54, 1.807) is 30.3 Å². The topological polar surface area (TPSA) is 71.1 Å². The normalized spacial score (nSPS) is 10.8. The van der Waals surface area contributed by atoms with Crippen LogP contribution in [0.1, 0.15) is 49.8 Å². The predicted molar refractivity (Wildman–Crippen MR) is 108 cm³/mol. The molecule has 0 bridgehead atoms. The lowest BCUT2D eigenvalue weighted by molar-refractivity contribution is 0.102. The first-order valence-corrected chi connectivity index (χ1v) is 9.87. The van der Waals surface area contributed by atoms with Gasteiger partial charge in [-0.2, -0.15) is 0 Å². The highest BCUT2D eigenvalue weighted by Gasteiger charge is 2.17. The van der Waals surface area contributed by atoms with Gasteiger partial charge in [0, 0.05) is 17.3 Å². The highest BCUT2D eigenvalue weighted by atomic mass is 32.1. The fraction of sp³-hybridized carbons (Fsp3) is 0.211. The molecule has 0 aliphatic heterocycles. The molecule has 0 saturated heterocycles. The first-order valence-electron chi connectivity index (χ1n) is 8.17. The van der Waals surface area contributed by atoms with Gasteiger partial charge in [-0.3, -0.25) is 9.59 Å². The molecule has 5 nitrogen and oxygen atoms in total. The van der Waals surface area contributed by atoms with Gasteiger partial charge in [0.1, 0.15) is 4.88 Å². The van der Waals surface area contributed by atoms with Crippen LogP contribution in [-0.2, 0) is 0 Å². The van der Waals surface area contributed by atoms with Crippen LogP contribution in [0.25, 0.3) is 0 Å². The number of hydrogen-bond acceptors (Lipinski definition) is 5. The molecule has 2 heterocycles. The van der Waals surface area contributed by atoms with Gasteiger partial charge in [0.25, 0.3) is 11.8 Å². The Hall–Kier alpha value is -2.51. The number of carbonyl (C=O) groups excluding carboxylic acids is 2. The van der Waals surface area contributed by atoms with Crippen molar-refractivity contribution in [2.75, 3.05) is 10.6 Å². The van der Waals surface area contributed by atoms with Crippen molar-refractivity contribution in [3.05, 3.63) is 62.2 Å². The average molecular weight is 386 g/mol. The molecule has 3 rings (SSSR count). The van der Waals surface area contributed by atoms with Crippen LogP contribution in [0.4, 0.5) is 11.4 Å². The second-order valence-corrected chi connectivity index (χ2v) is 8.07. The third-order valence-corrected chi connectivity index (χ3v) is 5.96. The van der Waals surface area contributed by atoms with E-state index >= 15 is 0 Å². The van der Waals surface area contributed by atoms with E-state index < -0.39 is 0 Å². The Bertz CT molecular complexity index is 930. The molecule has 2 amide bonds. The van der Waals surface area contributed by atoms with E-state index in [1.807, 2.05) is 18.4 Å². The number of thiazole rings is 1. The van der Waals surface area contributed by atoms with Crippen LogP contribution in [0.5, 0.6) is 0 Å². The molecular weight excluding hydrogens is 366 g/mol. The van der Waals surface area contributed by atoms with E-state index in [4.69, 9.17) is 0 Å². The number of aromatic nitrogens is 1. The van der Waals surface area contributed by atoms with Crippen molar-refractivity contribution < 1.29 is 9.59 Å². The molecule has 0 unspecified atom stereocenters. The lowest BCUT2D eigenvalue weighted by atomic mass is 10.2. The minimum Gasteiger partial charge on any atom is -0.321 e. The van der Waals surface area contributed by atoms with E-state index in [-0.39, 0.29) is 17.7 Å². The molecule has 0 saturated carbocycles. The average Bonchev–Trinajstić information content (AvgIpc) is 3.24. The summed E-state index contributed by atoms with van der Waals surface area (Å²) < 4.78 is 0. The van der Waals surface area contributed by atoms with Crippen LogP contribution >= 0.6 is 22.7 Å². The van der Waals surface area contributed by atoms with Gasteiger partial charge in [0.15, 0.2) is 0 Å². The number of nitrogens with one attached hydrogen (secondary N) is 2. The van der Waals surface area contributed by atoms with Crippen LogP contribution < -0.4 is 10.6 Å². The summed E-state index contributed by atoms with van der Waals surface area (Å²) in [6.45, 7) is 5.95. The third-order valence-electron chi connectivity index (χ3n) is 3.64. The lowest BCUT2D eigenvalue weighted by Gasteiger charge is -2.08. The van der Waals surface area contributed by atoms with E-state index in [1.165, 1.54) is 22.7 Å². The maximum absolute atomic E-state index is 12.6. The smallest absolute Gasteiger partial charge is 0.267 e. The molecule has 0 fully saturated rings. The zero-order chi connectivity index (χ0) is 18.7. The van der Waals surface area contributed by atoms with Gasteiger partial charge in [-0.25, -0.2) is 4.98 Å². The van der Waals surface area contributed by atoms with Crippen molar-refractivity contribution in [1.29, 1.82) is 0 Å². The summed E-state index contributed by atoms with van der Waals surface area (Å²) >= 11 is 2.80. The van der Waals surface area contributed by atoms with Crippen LogP contribution in [0.3, 0.4) is 0 Å². The van der Waals surface area contributed by atoms with E-state index in [9.17, 15) is 9.59 Å². The quantitative estimate of drug-likeness (QED) is 0.639. The summed E-state index contributed by atoms with van der Waals surface area (Å²) in [6.07, 6.45) is 0. The number of nitrogens with zero attached hydrogens (tertiary/aromatic N) is 1. The van der Waals surface area contributed by atoms with Crippen molar-refractivity contribution >= 4 is 45.9 Å². The van der Waals surface area contributed by atoms with Gasteiger partial charge >= 0.3 is 0 Å².